The molecular formula is C27H21F3N2O9. The Balaban J connectivity index is 1.64. The van der Waals surface area contributed by atoms with Crippen LogP contribution in [0.2, 0.25) is 0 Å². The summed E-state index contributed by atoms with van der Waals surface area (Å²) in [6, 6.07) is 11.2. The molecule has 4 aromatic rings. The van der Waals surface area contributed by atoms with Gasteiger partial charge < -0.3 is 28.7 Å². The van der Waals surface area contributed by atoms with E-state index in [0.29, 0.717) is 0 Å². The number of methoxy groups -OCH3 is 3. The maximum Gasteiger partial charge on any atom is 0.450 e. The van der Waals surface area contributed by atoms with Gasteiger partial charge in [0, 0.05) is 6.07 Å². The standard InChI is InChI=1S/C27H21F3N2O9/c1-37-15-6-8-18(19(11-15)32(35)36)31-23(33)13-40-16-5-7-17-21(12-16)41-26(27(28,29)30)24(25(17)34)14-4-9-20(38-2)22(10-14)39-3/h4-12H,13H2,1-3H3,(H,31,33). The predicted octanol–water partition coefficient (Wildman–Crippen LogP) is 5.43. The highest BCUT2D eigenvalue weighted by atomic mass is 19.4. The number of carbonyl (C=O) groups excluding carboxylic acids is 1. The number of nitro benzene ring substituents is 1. The van der Waals surface area contributed by atoms with E-state index in [9.17, 15) is 32.9 Å². The number of carbonyl (C=O) groups is 1. The van der Waals surface area contributed by atoms with E-state index in [2.05, 4.69) is 5.32 Å². The summed E-state index contributed by atoms with van der Waals surface area (Å²) in [6.07, 6.45) is -5.04. The first-order chi connectivity index (χ1) is 19.5. The molecule has 0 unspecified atom stereocenters. The molecule has 14 heteroatoms. The smallest absolute Gasteiger partial charge is 0.450 e. The number of benzene rings is 3. The molecule has 214 valence electrons. The fourth-order valence-electron chi connectivity index (χ4n) is 3.95. The van der Waals surface area contributed by atoms with Gasteiger partial charge in [0.15, 0.2) is 18.1 Å². The zero-order valence-corrected chi connectivity index (χ0v) is 21.7. The van der Waals surface area contributed by atoms with Crippen molar-refractivity contribution in [2.45, 2.75) is 6.18 Å². The van der Waals surface area contributed by atoms with Crippen LogP contribution in [-0.4, -0.2) is 38.8 Å². The summed E-state index contributed by atoms with van der Waals surface area (Å²) in [6.45, 7) is -0.658. The number of rotatable bonds is 9. The SMILES string of the molecule is COc1ccc(NC(=O)COc2ccc3c(=O)c(-c4ccc(OC)c(OC)c4)c(C(F)(F)F)oc3c2)c([N+](=O)[O-])c1. The fourth-order valence-corrected chi connectivity index (χ4v) is 3.95. The lowest BCUT2D eigenvalue weighted by atomic mass is 10.0. The number of nitro groups is 1. The molecule has 3 aromatic carbocycles. The van der Waals surface area contributed by atoms with E-state index < -0.39 is 51.6 Å². The number of amides is 1. The van der Waals surface area contributed by atoms with Crippen molar-refractivity contribution in [3.63, 3.8) is 0 Å². The molecule has 0 bridgehead atoms. The second-order valence-corrected chi connectivity index (χ2v) is 8.34. The summed E-state index contributed by atoms with van der Waals surface area (Å²) in [5.74, 6) is -1.85. The number of halogens is 3. The highest BCUT2D eigenvalue weighted by Gasteiger charge is 2.39. The van der Waals surface area contributed by atoms with Crippen molar-refractivity contribution >= 4 is 28.3 Å². The van der Waals surface area contributed by atoms with Gasteiger partial charge in [0.1, 0.15) is 22.8 Å². The van der Waals surface area contributed by atoms with Crippen LogP contribution < -0.4 is 29.7 Å². The van der Waals surface area contributed by atoms with Crippen LogP contribution in [0.4, 0.5) is 24.5 Å². The zero-order chi connectivity index (χ0) is 29.9. The van der Waals surface area contributed by atoms with Gasteiger partial charge in [-0.2, -0.15) is 13.2 Å². The Bertz CT molecular complexity index is 1700. The van der Waals surface area contributed by atoms with Crippen molar-refractivity contribution in [2.75, 3.05) is 33.3 Å². The molecule has 0 saturated carbocycles. The molecule has 0 atom stereocenters. The molecule has 0 spiro atoms. The molecule has 1 amide bonds. The maximum absolute atomic E-state index is 14.0. The van der Waals surface area contributed by atoms with E-state index in [4.69, 9.17) is 23.4 Å². The molecule has 1 aromatic heterocycles. The van der Waals surface area contributed by atoms with Crippen molar-refractivity contribution in [1.82, 2.24) is 0 Å². The molecule has 4 rings (SSSR count). The molecule has 0 saturated heterocycles. The number of fused-ring (bicyclic) bond motifs is 1. The molecule has 11 nitrogen and oxygen atoms in total. The second kappa shape index (κ2) is 11.5. The van der Waals surface area contributed by atoms with Gasteiger partial charge in [-0.05, 0) is 42.0 Å². The third kappa shape index (κ3) is 6.00. The minimum absolute atomic E-state index is 0.0907. The summed E-state index contributed by atoms with van der Waals surface area (Å²) >= 11 is 0. The number of nitrogens with one attached hydrogen (secondary N) is 1. The van der Waals surface area contributed by atoms with Gasteiger partial charge in [-0.1, -0.05) is 6.07 Å². The molecule has 0 aliphatic heterocycles. The van der Waals surface area contributed by atoms with Crippen molar-refractivity contribution in [3.8, 4) is 34.1 Å². The first kappa shape index (κ1) is 28.7. The highest BCUT2D eigenvalue weighted by Crippen LogP contribution is 2.40. The van der Waals surface area contributed by atoms with E-state index in [1.54, 1.807) is 0 Å². The van der Waals surface area contributed by atoms with E-state index in [0.717, 1.165) is 12.1 Å². The van der Waals surface area contributed by atoms with Crippen LogP contribution in [0.1, 0.15) is 5.76 Å². The summed E-state index contributed by atoms with van der Waals surface area (Å²) < 4.78 is 67.8. The Labute approximate surface area is 229 Å². The van der Waals surface area contributed by atoms with Gasteiger partial charge in [-0.3, -0.25) is 19.7 Å². The molecule has 1 N–H and O–H groups in total. The Morgan fingerprint density at radius 2 is 1.66 bits per heavy atom. The third-order valence-corrected chi connectivity index (χ3v) is 5.84. The number of hydrogen-bond donors (Lipinski definition) is 1. The summed E-state index contributed by atoms with van der Waals surface area (Å²) in [4.78, 5) is 36.3. The third-order valence-electron chi connectivity index (χ3n) is 5.84. The van der Waals surface area contributed by atoms with E-state index in [1.165, 1.54) is 63.8 Å². The van der Waals surface area contributed by atoms with Gasteiger partial charge >= 0.3 is 6.18 Å². The number of hydrogen-bond acceptors (Lipinski definition) is 9. The van der Waals surface area contributed by atoms with Crippen LogP contribution in [0.25, 0.3) is 22.1 Å². The number of alkyl halides is 3. The van der Waals surface area contributed by atoms with Crippen LogP contribution in [0.15, 0.2) is 63.8 Å². The van der Waals surface area contributed by atoms with E-state index in [-0.39, 0.29) is 39.6 Å². The van der Waals surface area contributed by atoms with Crippen molar-refractivity contribution < 1.29 is 46.3 Å². The zero-order valence-electron chi connectivity index (χ0n) is 21.7. The van der Waals surface area contributed by atoms with Crippen LogP contribution in [-0.2, 0) is 11.0 Å². The lowest BCUT2D eigenvalue weighted by molar-refractivity contribution is -0.384. The highest BCUT2D eigenvalue weighted by molar-refractivity contribution is 5.94. The van der Waals surface area contributed by atoms with Crippen LogP contribution >= 0.6 is 0 Å². The first-order valence-electron chi connectivity index (χ1n) is 11.6. The lowest BCUT2D eigenvalue weighted by Crippen LogP contribution is -2.21. The Hall–Kier alpha value is -5.27. The largest absolute Gasteiger partial charge is 0.496 e. The van der Waals surface area contributed by atoms with Gasteiger partial charge in [0.05, 0.1) is 43.3 Å². The summed E-state index contributed by atoms with van der Waals surface area (Å²) in [5.41, 5.74) is -2.76. The van der Waals surface area contributed by atoms with Gasteiger partial charge in [-0.25, -0.2) is 0 Å². The topological polar surface area (TPSA) is 139 Å². The normalized spacial score (nSPS) is 11.2. The monoisotopic (exact) mass is 574 g/mol. The maximum atomic E-state index is 14.0. The Morgan fingerprint density at radius 3 is 2.29 bits per heavy atom. The van der Waals surface area contributed by atoms with Crippen LogP contribution in [0.3, 0.4) is 0 Å². The molecule has 0 aliphatic carbocycles. The van der Waals surface area contributed by atoms with Gasteiger partial charge in [0.2, 0.25) is 11.2 Å². The number of nitrogens with zero attached hydrogens (tertiary/aromatic N) is 1. The molecule has 41 heavy (non-hydrogen) atoms. The quantitative estimate of drug-likeness (QED) is 0.205. The number of ether oxygens (including phenoxy) is 4. The number of anilines is 1. The lowest BCUT2D eigenvalue weighted by Gasteiger charge is -2.15. The Kier molecular flexibility index (Phi) is 8.03. The average Bonchev–Trinajstić information content (AvgIpc) is 2.95. The van der Waals surface area contributed by atoms with E-state index >= 15 is 0 Å². The molecule has 0 fully saturated rings. The molecule has 0 aliphatic rings. The minimum atomic E-state index is -5.04. The minimum Gasteiger partial charge on any atom is -0.496 e. The van der Waals surface area contributed by atoms with Crippen LogP contribution in [0.5, 0.6) is 23.0 Å². The van der Waals surface area contributed by atoms with Crippen molar-refractivity contribution in [1.29, 1.82) is 0 Å². The fraction of sp³-hybridized carbons (Fsp3) is 0.185. The van der Waals surface area contributed by atoms with E-state index in [1.807, 2.05) is 0 Å². The molecular weight excluding hydrogens is 553 g/mol. The Morgan fingerprint density at radius 1 is 0.951 bits per heavy atom. The first-order valence-corrected chi connectivity index (χ1v) is 11.6. The summed E-state index contributed by atoms with van der Waals surface area (Å²) in [7, 11) is 3.98. The average molecular weight is 574 g/mol. The van der Waals surface area contributed by atoms with Gasteiger partial charge in [0.25, 0.3) is 11.6 Å². The second-order valence-electron chi connectivity index (χ2n) is 8.34. The van der Waals surface area contributed by atoms with Gasteiger partial charge in [-0.15, -0.1) is 0 Å². The molecule has 1 heterocycles. The van der Waals surface area contributed by atoms with Crippen molar-refractivity contribution in [2.24, 2.45) is 0 Å². The molecule has 0 radical (unpaired) electrons. The van der Waals surface area contributed by atoms with Crippen LogP contribution in [0, 0.1) is 10.1 Å². The van der Waals surface area contributed by atoms with Crippen molar-refractivity contribution in [3.05, 3.63) is 80.7 Å². The summed E-state index contributed by atoms with van der Waals surface area (Å²) in [5, 5.41) is 13.5. The predicted molar refractivity (Wildman–Crippen MR) is 140 cm³/mol.